The number of aryl methyl sites for hydroxylation is 2. The molecule has 1 fully saturated rings. The monoisotopic (exact) mass is 590 g/mol. The number of nitrogens with one attached hydrogen (secondary N) is 2. The molecule has 6 rings (SSSR count). The summed E-state index contributed by atoms with van der Waals surface area (Å²) in [6, 6.07) is 1.67. The van der Waals surface area contributed by atoms with E-state index in [1.165, 1.54) is 30.4 Å². The van der Waals surface area contributed by atoms with Crippen LogP contribution < -0.4 is 10.6 Å². The van der Waals surface area contributed by atoms with Crippen molar-refractivity contribution in [3.05, 3.63) is 65.9 Å². The van der Waals surface area contributed by atoms with Gasteiger partial charge in [0.1, 0.15) is 16.9 Å². The summed E-state index contributed by atoms with van der Waals surface area (Å²) in [6.45, 7) is 9.75. The minimum Gasteiger partial charge on any atom is -0.457 e. The van der Waals surface area contributed by atoms with Crippen molar-refractivity contribution >= 4 is 33.7 Å². The summed E-state index contributed by atoms with van der Waals surface area (Å²) in [6.07, 6.45) is 13.5. The van der Waals surface area contributed by atoms with E-state index in [2.05, 4.69) is 30.7 Å². The lowest BCUT2D eigenvalue weighted by molar-refractivity contribution is -0.117. The molecule has 4 aromatic heterocycles. The van der Waals surface area contributed by atoms with Gasteiger partial charge in [0, 0.05) is 64.1 Å². The van der Waals surface area contributed by atoms with E-state index < -0.39 is 5.79 Å². The molecule has 0 unspecified atom stereocenters. The van der Waals surface area contributed by atoms with E-state index in [1.807, 2.05) is 30.9 Å². The van der Waals surface area contributed by atoms with Crippen LogP contribution >= 0.6 is 11.3 Å². The Balaban J connectivity index is 1.10. The SMILES string of the molecule is Cc1ncc(C(=O)NCCN2CCCC2)cc1NC(=O)c1cnn2cc(-c3cnn(CCC4=COC(C)(C)O4)c3)sc12. The predicted octanol–water partition coefficient (Wildman–Crippen LogP) is 4.06. The molecule has 2 aliphatic rings. The van der Waals surface area contributed by atoms with Crippen molar-refractivity contribution in [3.8, 4) is 10.4 Å². The first-order valence-corrected chi connectivity index (χ1v) is 14.9. The Morgan fingerprint density at radius 2 is 1.90 bits per heavy atom. The summed E-state index contributed by atoms with van der Waals surface area (Å²) < 4.78 is 14.8. The molecule has 4 aromatic rings. The van der Waals surface area contributed by atoms with E-state index in [9.17, 15) is 9.59 Å². The number of pyridine rings is 1. The Kier molecular flexibility index (Phi) is 7.69. The molecule has 2 amide bonds. The van der Waals surface area contributed by atoms with Gasteiger partial charge in [0.2, 0.25) is 5.79 Å². The standard InChI is InChI=1S/C29H34N8O4S/c1-19-24(12-20(13-31-19)26(38)30-7-11-35-8-4-5-9-35)34-27(39)23-15-33-37-17-25(42-28(23)37)21-14-32-36(16-21)10-6-22-18-40-29(2,3)41-22/h12-18H,4-11H2,1-3H3,(H,30,38)(H,34,39). The van der Waals surface area contributed by atoms with Crippen LogP contribution in [0.3, 0.4) is 0 Å². The van der Waals surface area contributed by atoms with E-state index in [1.54, 1.807) is 36.2 Å². The molecule has 0 atom stereocenters. The number of likely N-dealkylation sites (tertiary alicyclic amines) is 1. The van der Waals surface area contributed by atoms with Crippen molar-refractivity contribution in [1.82, 2.24) is 34.6 Å². The molecule has 0 bridgehead atoms. The van der Waals surface area contributed by atoms with Gasteiger partial charge in [-0.15, -0.1) is 11.3 Å². The van der Waals surface area contributed by atoms with Crippen LogP contribution in [0.15, 0.2) is 49.1 Å². The summed E-state index contributed by atoms with van der Waals surface area (Å²) in [5.74, 6) is -0.366. The summed E-state index contributed by atoms with van der Waals surface area (Å²) in [4.78, 5) is 34.4. The first kappa shape index (κ1) is 27.9. The first-order valence-electron chi connectivity index (χ1n) is 14.1. The highest BCUT2D eigenvalue weighted by Gasteiger charge is 2.27. The number of hydrogen-bond acceptors (Lipinski definition) is 9. The molecule has 13 heteroatoms. The number of amides is 2. The number of carbonyl (C=O) groups is 2. The van der Waals surface area contributed by atoms with Gasteiger partial charge in [0.15, 0.2) is 0 Å². The average Bonchev–Trinajstić information content (AvgIpc) is 3.77. The lowest BCUT2D eigenvalue weighted by Gasteiger charge is -2.18. The third kappa shape index (κ3) is 6.16. The lowest BCUT2D eigenvalue weighted by atomic mass is 10.2. The van der Waals surface area contributed by atoms with Gasteiger partial charge in [0.05, 0.1) is 39.8 Å². The second-order valence-corrected chi connectivity index (χ2v) is 12.0. The fourth-order valence-electron chi connectivity index (χ4n) is 5.00. The summed E-state index contributed by atoms with van der Waals surface area (Å²) >= 11 is 1.46. The van der Waals surface area contributed by atoms with Crippen molar-refractivity contribution in [2.45, 2.75) is 52.4 Å². The molecule has 1 saturated heterocycles. The normalized spacial score (nSPS) is 16.3. The average molecular weight is 591 g/mol. The predicted molar refractivity (Wildman–Crippen MR) is 158 cm³/mol. The van der Waals surface area contributed by atoms with Crippen LogP contribution in [0, 0.1) is 6.92 Å². The van der Waals surface area contributed by atoms with Crippen LogP contribution in [0.4, 0.5) is 5.69 Å². The quantitative estimate of drug-likeness (QED) is 0.283. The molecule has 0 radical (unpaired) electrons. The summed E-state index contributed by atoms with van der Waals surface area (Å²) in [5, 5.41) is 14.7. The van der Waals surface area contributed by atoms with Crippen LogP contribution in [0.2, 0.25) is 0 Å². The van der Waals surface area contributed by atoms with Crippen molar-refractivity contribution in [1.29, 1.82) is 0 Å². The maximum Gasteiger partial charge on any atom is 0.260 e. The topological polar surface area (TPSA) is 128 Å². The number of rotatable bonds is 10. The largest absolute Gasteiger partial charge is 0.457 e. The maximum atomic E-state index is 13.3. The number of hydrogen-bond donors (Lipinski definition) is 2. The molecular weight excluding hydrogens is 556 g/mol. The minimum absolute atomic E-state index is 0.210. The second-order valence-electron chi connectivity index (χ2n) is 11.0. The number of carbonyl (C=O) groups excluding carboxylic acids is 2. The van der Waals surface area contributed by atoms with Crippen molar-refractivity contribution < 1.29 is 19.1 Å². The molecule has 0 saturated carbocycles. The molecular formula is C29H34N8O4S. The highest BCUT2D eigenvalue weighted by Crippen LogP contribution is 2.31. The van der Waals surface area contributed by atoms with Crippen LogP contribution in [0.5, 0.6) is 0 Å². The summed E-state index contributed by atoms with van der Waals surface area (Å²) in [7, 11) is 0. The Hall–Kier alpha value is -4.23. The fourth-order valence-corrected chi connectivity index (χ4v) is 6.04. The number of thiazole rings is 1. The van der Waals surface area contributed by atoms with Gasteiger partial charge in [-0.3, -0.25) is 19.3 Å². The third-order valence-electron chi connectivity index (χ3n) is 7.31. The highest BCUT2D eigenvalue weighted by molar-refractivity contribution is 7.21. The Morgan fingerprint density at radius 3 is 2.69 bits per heavy atom. The van der Waals surface area contributed by atoms with E-state index in [0.717, 1.165) is 35.8 Å². The second kappa shape index (κ2) is 11.6. The van der Waals surface area contributed by atoms with Crippen molar-refractivity contribution in [3.63, 3.8) is 0 Å². The Morgan fingerprint density at radius 1 is 1.07 bits per heavy atom. The van der Waals surface area contributed by atoms with Crippen LogP contribution in [0.25, 0.3) is 15.3 Å². The van der Waals surface area contributed by atoms with Gasteiger partial charge in [-0.1, -0.05) is 0 Å². The van der Waals surface area contributed by atoms with Gasteiger partial charge in [-0.05, 0) is 38.9 Å². The third-order valence-corrected chi connectivity index (χ3v) is 8.47. The van der Waals surface area contributed by atoms with Crippen LogP contribution in [-0.4, -0.2) is 73.1 Å². The smallest absolute Gasteiger partial charge is 0.260 e. The molecule has 2 aliphatic heterocycles. The number of ether oxygens (including phenoxy) is 2. The van der Waals surface area contributed by atoms with E-state index in [4.69, 9.17) is 9.47 Å². The number of nitrogens with zero attached hydrogens (tertiary/aromatic N) is 6. The van der Waals surface area contributed by atoms with Crippen LogP contribution in [0.1, 0.15) is 59.5 Å². The van der Waals surface area contributed by atoms with E-state index in [-0.39, 0.29) is 11.8 Å². The molecule has 0 aliphatic carbocycles. The summed E-state index contributed by atoms with van der Waals surface area (Å²) in [5.41, 5.74) is 2.87. The minimum atomic E-state index is -0.625. The van der Waals surface area contributed by atoms with Crippen molar-refractivity contribution in [2.24, 2.45) is 0 Å². The fraction of sp³-hybridized carbons (Fsp3) is 0.414. The van der Waals surface area contributed by atoms with Gasteiger partial charge >= 0.3 is 0 Å². The van der Waals surface area contributed by atoms with Crippen molar-refractivity contribution in [2.75, 3.05) is 31.5 Å². The zero-order valence-electron chi connectivity index (χ0n) is 23.9. The van der Waals surface area contributed by atoms with Gasteiger partial charge < -0.3 is 25.0 Å². The first-order chi connectivity index (χ1) is 20.2. The molecule has 6 heterocycles. The maximum absolute atomic E-state index is 13.3. The molecule has 0 spiro atoms. The molecule has 0 aromatic carbocycles. The highest BCUT2D eigenvalue weighted by atomic mass is 32.1. The zero-order valence-corrected chi connectivity index (χ0v) is 24.7. The Labute approximate surface area is 247 Å². The zero-order chi connectivity index (χ0) is 29.3. The van der Waals surface area contributed by atoms with E-state index in [0.29, 0.717) is 46.8 Å². The number of aromatic nitrogens is 5. The van der Waals surface area contributed by atoms with Gasteiger partial charge in [-0.25, -0.2) is 4.52 Å². The molecule has 12 nitrogen and oxygen atoms in total. The van der Waals surface area contributed by atoms with Gasteiger partial charge in [0.25, 0.3) is 11.8 Å². The molecule has 42 heavy (non-hydrogen) atoms. The number of anilines is 1. The molecule has 2 N–H and O–H groups in total. The Bertz CT molecular complexity index is 1650. The van der Waals surface area contributed by atoms with E-state index >= 15 is 0 Å². The van der Waals surface area contributed by atoms with Crippen LogP contribution in [-0.2, 0) is 16.0 Å². The van der Waals surface area contributed by atoms with Gasteiger partial charge in [-0.2, -0.15) is 10.2 Å². The lowest BCUT2D eigenvalue weighted by Crippen LogP contribution is -2.33. The number of allylic oxidation sites excluding steroid dienone is 1. The molecule has 220 valence electrons. The number of fused-ring (bicyclic) bond motifs is 1.